The first-order valence-electron chi connectivity index (χ1n) is 12.7. The molecular weight excluding hydrogens is 513 g/mol. The monoisotopic (exact) mass is 548 g/mol. The largest absolute Gasteiger partial charge is 0.573 e. The lowest BCUT2D eigenvalue weighted by Gasteiger charge is -2.28. The van der Waals surface area contributed by atoms with Crippen molar-refractivity contribution in [1.82, 2.24) is 0 Å². The molecule has 0 spiro atoms. The van der Waals surface area contributed by atoms with E-state index in [9.17, 15) is 18.0 Å². The van der Waals surface area contributed by atoms with Crippen LogP contribution in [-0.2, 0) is 16.0 Å². The van der Waals surface area contributed by atoms with Gasteiger partial charge in [-0.1, -0.05) is 32.4 Å². The van der Waals surface area contributed by atoms with E-state index in [1.165, 1.54) is 17.4 Å². The van der Waals surface area contributed by atoms with Gasteiger partial charge >= 0.3 is 12.3 Å². The van der Waals surface area contributed by atoms with Crippen LogP contribution in [0.1, 0.15) is 65.9 Å². The van der Waals surface area contributed by atoms with E-state index < -0.39 is 17.9 Å². The highest BCUT2D eigenvalue weighted by Gasteiger charge is 2.32. The van der Waals surface area contributed by atoms with Gasteiger partial charge in [-0.25, -0.2) is 4.79 Å². The molecule has 0 aliphatic rings. The quantitative estimate of drug-likeness (QED) is 0.129. The van der Waals surface area contributed by atoms with Crippen molar-refractivity contribution >= 4 is 27.4 Å². The van der Waals surface area contributed by atoms with Crippen LogP contribution in [0.3, 0.4) is 0 Å². The van der Waals surface area contributed by atoms with Crippen molar-refractivity contribution in [2.75, 3.05) is 0 Å². The van der Waals surface area contributed by atoms with Crippen LogP contribution in [0.15, 0.2) is 54.6 Å². The molecule has 0 bridgehead atoms. The Hall–Kier alpha value is -3.00. The Labute approximate surface area is 226 Å². The molecule has 0 N–H and O–H groups in total. The van der Waals surface area contributed by atoms with Gasteiger partial charge in [0.05, 0.1) is 6.10 Å². The van der Waals surface area contributed by atoms with Crippen LogP contribution in [0.25, 0.3) is 20.5 Å². The molecule has 0 aliphatic heterocycles. The van der Waals surface area contributed by atoms with Gasteiger partial charge in [-0.15, -0.1) is 24.5 Å². The molecule has 0 radical (unpaired) electrons. The Morgan fingerprint density at radius 2 is 1.82 bits per heavy atom. The molecule has 0 saturated carbocycles. The van der Waals surface area contributed by atoms with Gasteiger partial charge in [-0.05, 0) is 87.9 Å². The molecule has 2 aromatic carbocycles. The van der Waals surface area contributed by atoms with E-state index in [-0.39, 0.29) is 11.9 Å². The number of carbonyl (C=O) groups is 1. The molecule has 8 heteroatoms. The SMILES string of the molecule is C=C(C)C(=O)OC(C)(C)CC(C)Oc1ccc2cc(-c3ccc(CCCCC)cc3OC(F)(F)F)sc2c1. The van der Waals surface area contributed by atoms with Crippen LogP contribution in [0, 0.1) is 0 Å². The minimum absolute atomic E-state index is 0.185. The Balaban J connectivity index is 1.81. The first kappa shape index (κ1) is 29.6. The summed E-state index contributed by atoms with van der Waals surface area (Å²) in [5, 5.41) is 0.894. The predicted octanol–water partition coefficient (Wildman–Crippen LogP) is 9.25. The highest BCUT2D eigenvalue weighted by atomic mass is 32.1. The van der Waals surface area contributed by atoms with Gasteiger partial charge in [0.1, 0.15) is 17.1 Å². The second kappa shape index (κ2) is 12.2. The molecule has 206 valence electrons. The van der Waals surface area contributed by atoms with Gasteiger partial charge in [0.25, 0.3) is 0 Å². The summed E-state index contributed by atoms with van der Waals surface area (Å²) in [5.41, 5.74) is 0.817. The molecule has 1 heterocycles. The van der Waals surface area contributed by atoms with E-state index >= 15 is 0 Å². The smallest absolute Gasteiger partial charge is 0.491 e. The summed E-state index contributed by atoms with van der Waals surface area (Å²) < 4.78 is 56.5. The van der Waals surface area contributed by atoms with Crippen molar-refractivity contribution in [3.8, 4) is 21.9 Å². The normalized spacial score (nSPS) is 12.8. The number of hydrogen-bond donors (Lipinski definition) is 0. The van der Waals surface area contributed by atoms with E-state index in [2.05, 4.69) is 18.2 Å². The first-order valence-corrected chi connectivity index (χ1v) is 13.6. The number of ether oxygens (including phenoxy) is 3. The molecule has 0 fully saturated rings. The lowest BCUT2D eigenvalue weighted by atomic mass is 10.0. The van der Waals surface area contributed by atoms with Gasteiger partial charge in [0, 0.05) is 27.1 Å². The third-order valence-corrected chi connectivity index (χ3v) is 7.06. The second-order valence-electron chi connectivity index (χ2n) is 10.2. The summed E-state index contributed by atoms with van der Waals surface area (Å²) in [7, 11) is 0. The lowest BCUT2D eigenvalue weighted by Crippen LogP contribution is -2.33. The van der Waals surface area contributed by atoms with Gasteiger partial charge in [0.2, 0.25) is 0 Å². The van der Waals surface area contributed by atoms with E-state index in [1.807, 2.05) is 51.1 Å². The van der Waals surface area contributed by atoms with Gasteiger partial charge < -0.3 is 14.2 Å². The van der Waals surface area contributed by atoms with Gasteiger partial charge in [-0.3, -0.25) is 0 Å². The number of aryl methyl sites for hydroxylation is 1. The molecule has 0 aliphatic carbocycles. The maximum absolute atomic E-state index is 13.2. The fraction of sp³-hybridized carbons (Fsp3) is 0.433. The Bertz CT molecular complexity index is 1280. The number of unbranched alkanes of at least 4 members (excludes halogenated alkanes) is 2. The molecule has 0 amide bonds. The number of thiophene rings is 1. The molecule has 1 aromatic heterocycles. The third-order valence-electron chi connectivity index (χ3n) is 5.93. The van der Waals surface area contributed by atoms with Gasteiger partial charge in [0.15, 0.2) is 0 Å². The van der Waals surface area contributed by atoms with E-state index in [0.29, 0.717) is 34.6 Å². The van der Waals surface area contributed by atoms with Crippen LogP contribution >= 0.6 is 11.3 Å². The van der Waals surface area contributed by atoms with E-state index in [4.69, 9.17) is 9.47 Å². The topological polar surface area (TPSA) is 44.8 Å². The predicted molar refractivity (Wildman–Crippen MR) is 147 cm³/mol. The maximum Gasteiger partial charge on any atom is 0.573 e. The van der Waals surface area contributed by atoms with Crippen molar-refractivity contribution in [1.29, 1.82) is 0 Å². The average Bonchev–Trinajstić information content (AvgIpc) is 3.20. The van der Waals surface area contributed by atoms with Crippen LogP contribution in [0.2, 0.25) is 0 Å². The lowest BCUT2D eigenvalue weighted by molar-refractivity contribution is -0.274. The summed E-state index contributed by atoms with van der Waals surface area (Å²) in [5.74, 6) is -0.00856. The van der Waals surface area contributed by atoms with Crippen LogP contribution < -0.4 is 9.47 Å². The molecule has 3 rings (SSSR count). The third kappa shape index (κ3) is 8.51. The number of fused-ring (bicyclic) bond motifs is 1. The highest BCUT2D eigenvalue weighted by molar-refractivity contribution is 7.22. The molecule has 1 unspecified atom stereocenters. The Kier molecular flexibility index (Phi) is 9.52. The minimum Gasteiger partial charge on any atom is -0.491 e. The fourth-order valence-electron chi connectivity index (χ4n) is 4.28. The van der Waals surface area contributed by atoms with Crippen LogP contribution in [0.5, 0.6) is 11.5 Å². The van der Waals surface area contributed by atoms with Crippen molar-refractivity contribution in [2.45, 2.75) is 84.8 Å². The second-order valence-corrected chi connectivity index (χ2v) is 11.3. The van der Waals surface area contributed by atoms with Crippen LogP contribution in [-0.4, -0.2) is 24.0 Å². The van der Waals surface area contributed by atoms with Crippen molar-refractivity contribution < 1.29 is 32.2 Å². The number of rotatable bonds is 12. The Morgan fingerprint density at radius 3 is 2.47 bits per heavy atom. The summed E-state index contributed by atoms with van der Waals surface area (Å²) in [6.07, 6.45) is -0.897. The number of alkyl halides is 3. The van der Waals surface area contributed by atoms with E-state index in [0.717, 1.165) is 34.9 Å². The van der Waals surface area contributed by atoms with Crippen LogP contribution in [0.4, 0.5) is 13.2 Å². The summed E-state index contributed by atoms with van der Waals surface area (Å²) >= 11 is 1.38. The van der Waals surface area contributed by atoms with Gasteiger partial charge in [-0.2, -0.15) is 0 Å². The fourth-order valence-corrected chi connectivity index (χ4v) is 5.40. The van der Waals surface area contributed by atoms with Crippen molar-refractivity contribution in [2.24, 2.45) is 0 Å². The molecule has 0 saturated heterocycles. The number of carbonyl (C=O) groups excluding carboxylic acids is 1. The molecule has 1 atom stereocenters. The number of benzene rings is 2. The number of esters is 1. The summed E-state index contributed by atoms with van der Waals surface area (Å²) in [6.45, 7) is 12.8. The molecular formula is C30H35F3O4S. The Morgan fingerprint density at radius 1 is 1.08 bits per heavy atom. The number of halogens is 3. The molecule has 4 nitrogen and oxygen atoms in total. The highest BCUT2D eigenvalue weighted by Crippen LogP contribution is 2.41. The minimum atomic E-state index is -4.78. The molecule has 38 heavy (non-hydrogen) atoms. The zero-order valence-electron chi connectivity index (χ0n) is 22.5. The van der Waals surface area contributed by atoms with Crippen molar-refractivity contribution in [3.05, 3.63) is 60.2 Å². The summed E-state index contributed by atoms with van der Waals surface area (Å²) in [4.78, 5) is 12.6. The first-order chi connectivity index (χ1) is 17.8. The zero-order chi connectivity index (χ0) is 28.1. The van der Waals surface area contributed by atoms with Crippen molar-refractivity contribution in [3.63, 3.8) is 0 Å². The number of hydrogen-bond acceptors (Lipinski definition) is 5. The standard InChI is InChI=1S/C30H35F3O4S/c1-7-8-9-10-21-11-14-24(25(15-21)36-30(31,32)33)27-16-22-12-13-23(17-26(22)38-27)35-20(4)18-29(5,6)37-28(34)19(2)3/h11-17,20H,2,7-10,18H2,1,3-6H3. The zero-order valence-corrected chi connectivity index (χ0v) is 23.4. The maximum atomic E-state index is 13.2. The summed E-state index contributed by atoms with van der Waals surface area (Å²) in [6, 6.07) is 12.5. The average molecular weight is 549 g/mol. The van der Waals surface area contributed by atoms with E-state index in [1.54, 1.807) is 13.0 Å². The molecule has 3 aromatic rings.